The zero-order valence-electron chi connectivity index (χ0n) is 18.3. The Labute approximate surface area is 192 Å². The molecular formula is C26H26N6O. The smallest absolute Gasteiger partial charge is 0.270 e. The van der Waals surface area contributed by atoms with Crippen LogP contribution in [0.2, 0.25) is 0 Å². The van der Waals surface area contributed by atoms with E-state index in [1.54, 1.807) is 24.4 Å². The van der Waals surface area contributed by atoms with Crippen molar-refractivity contribution in [2.45, 2.75) is 38.1 Å². The van der Waals surface area contributed by atoms with Crippen LogP contribution in [-0.2, 0) is 25.7 Å². The fourth-order valence-corrected chi connectivity index (χ4v) is 4.18. The van der Waals surface area contributed by atoms with Gasteiger partial charge in [0, 0.05) is 30.9 Å². The predicted octanol–water partition coefficient (Wildman–Crippen LogP) is 3.99. The highest BCUT2D eigenvalue weighted by Crippen LogP contribution is 2.26. The Bertz CT molecular complexity index is 1240. The number of rotatable bonds is 8. The van der Waals surface area contributed by atoms with E-state index in [0.29, 0.717) is 17.9 Å². The van der Waals surface area contributed by atoms with Crippen LogP contribution in [0.3, 0.4) is 0 Å². The summed E-state index contributed by atoms with van der Waals surface area (Å²) in [7, 11) is 0. The van der Waals surface area contributed by atoms with Gasteiger partial charge in [-0.2, -0.15) is 5.10 Å². The highest BCUT2D eigenvalue weighted by atomic mass is 16.1. The van der Waals surface area contributed by atoms with Crippen LogP contribution in [0.25, 0.3) is 6.08 Å². The average molecular weight is 439 g/mol. The van der Waals surface area contributed by atoms with Crippen molar-refractivity contribution < 1.29 is 4.79 Å². The minimum absolute atomic E-state index is 0.240. The van der Waals surface area contributed by atoms with E-state index in [9.17, 15) is 4.79 Å². The Morgan fingerprint density at radius 2 is 1.97 bits per heavy atom. The number of pyridine rings is 1. The van der Waals surface area contributed by atoms with Gasteiger partial charge in [0.1, 0.15) is 11.5 Å². The summed E-state index contributed by atoms with van der Waals surface area (Å²) >= 11 is 0. The second-order valence-electron chi connectivity index (χ2n) is 8.22. The molecule has 33 heavy (non-hydrogen) atoms. The molecule has 3 aromatic heterocycles. The van der Waals surface area contributed by atoms with Gasteiger partial charge < -0.3 is 10.3 Å². The fraction of sp³-hybridized carbons (Fsp3) is 0.231. The number of H-pyrrole nitrogens is 2. The number of aromatic nitrogens is 5. The first-order valence-corrected chi connectivity index (χ1v) is 11.3. The monoisotopic (exact) mass is 438 g/mol. The first-order valence-electron chi connectivity index (χ1n) is 11.3. The first kappa shape index (κ1) is 20.9. The third kappa shape index (κ3) is 4.92. The van der Waals surface area contributed by atoms with Crippen molar-refractivity contribution in [3.05, 3.63) is 107 Å². The van der Waals surface area contributed by atoms with Crippen molar-refractivity contribution in [3.8, 4) is 0 Å². The average Bonchev–Trinajstić information content (AvgIpc) is 3.51. The summed E-state index contributed by atoms with van der Waals surface area (Å²) in [5, 5.41) is 10.6. The maximum atomic E-state index is 12.9. The number of aryl methyl sites for hydroxylation is 3. The molecule has 0 aliphatic heterocycles. The van der Waals surface area contributed by atoms with Gasteiger partial charge >= 0.3 is 0 Å². The maximum Gasteiger partial charge on any atom is 0.270 e. The van der Waals surface area contributed by atoms with Crippen LogP contribution in [-0.4, -0.2) is 31.1 Å². The predicted molar refractivity (Wildman–Crippen MR) is 127 cm³/mol. The van der Waals surface area contributed by atoms with E-state index in [0.717, 1.165) is 37.1 Å². The second kappa shape index (κ2) is 9.65. The molecule has 1 amide bonds. The number of benzene rings is 1. The SMILES string of the molecule is O=C(N[C@H](Cc1c[nH]c2c1C=CCC2)c1n[nH]c(CCc2ccccc2)n1)c1ccccn1. The number of nitrogens with zero attached hydrogens (tertiary/aromatic N) is 3. The van der Waals surface area contributed by atoms with Gasteiger partial charge in [-0.05, 0) is 48.1 Å². The van der Waals surface area contributed by atoms with E-state index in [1.807, 2.05) is 24.4 Å². The summed E-state index contributed by atoms with van der Waals surface area (Å²) in [5.41, 5.74) is 5.21. The molecule has 1 aromatic carbocycles. The zero-order chi connectivity index (χ0) is 22.5. The number of carbonyl (C=O) groups is 1. The lowest BCUT2D eigenvalue weighted by Gasteiger charge is -2.16. The molecule has 166 valence electrons. The largest absolute Gasteiger partial charge is 0.364 e. The molecule has 0 spiro atoms. The third-order valence-electron chi connectivity index (χ3n) is 5.92. The summed E-state index contributed by atoms with van der Waals surface area (Å²) in [6.07, 6.45) is 12.2. The van der Waals surface area contributed by atoms with E-state index in [-0.39, 0.29) is 11.9 Å². The lowest BCUT2D eigenvalue weighted by molar-refractivity contribution is 0.0929. The molecule has 7 nitrogen and oxygen atoms in total. The Balaban J connectivity index is 1.37. The highest BCUT2D eigenvalue weighted by molar-refractivity contribution is 5.92. The summed E-state index contributed by atoms with van der Waals surface area (Å²) in [6, 6.07) is 15.2. The number of allylic oxidation sites excluding steroid dienone is 1. The minimum Gasteiger partial charge on any atom is -0.364 e. The van der Waals surface area contributed by atoms with Gasteiger partial charge in [0.2, 0.25) is 0 Å². The summed E-state index contributed by atoms with van der Waals surface area (Å²) in [6.45, 7) is 0. The van der Waals surface area contributed by atoms with Crippen molar-refractivity contribution in [1.82, 2.24) is 30.5 Å². The Morgan fingerprint density at radius 3 is 2.82 bits per heavy atom. The maximum absolute atomic E-state index is 12.9. The number of hydrogen-bond donors (Lipinski definition) is 3. The van der Waals surface area contributed by atoms with Crippen LogP contribution in [0.1, 0.15) is 57.0 Å². The van der Waals surface area contributed by atoms with E-state index in [4.69, 9.17) is 4.98 Å². The lowest BCUT2D eigenvalue weighted by atomic mass is 9.97. The number of amides is 1. The van der Waals surface area contributed by atoms with Gasteiger partial charge in [0.15, 0.2) is 5.82 Å². The fourth-order valence-electron chi connectivity index (χ4n) is 4.18. The topological polar surface area (TPSA) is 99.3 Å². The number of carbonyl (C=O) groups excluding carboxylic acids is 1. The molecule has 0 radical (unpaired) electrons. The first-order chi connectivity index (χ1) is 16.3. The van der Waals surface area contributed by atoms with Crippen molar-refractivity contribution in [2.75, 3.05) is 0 Å². The summed E-state index contributed by atoms with van der Waals surface area (Å²) in [5.74, 6) is 1.15. The van der Waals surface area contributed by atoms with Crippen molar-refractivity contribution in [3.63, 3.8) is 0 Å². The third-order valence-corrected chi connectivity index (χ3v) is 5.92. The molecule has 4 aromatic rings. The van der Waals surface area contributed by atoms with Gasteiger partial charge in [-0.15, -0.1) is 0 Å². The Kier molecular flexibility index (Phi) is 6.10. The normalized spacial score (nSPS) is 13.5. The quantitative estimate of drug-likeness (QED) is 0.387. The molecule has 0 unspecified atom stereocenters. The molecule has 3 heterocycles. The molecule has 1 aliphatic rings. The van der Waals surface area contributed by atoms with Crippen LogP contribution >= 0.6 is 0 Å². The Morgan fingerprint density at radius 1 is 1.09 bits per heavy atom. The number of aromatic amines is 2. The van der Waals surface area contributed by atoms with Gasteiger partial charge in [0.25, 0.3) is 5.91 Å². The van der Waals surface area contributed by atoms with E-state index in [1.165, 1.54) is 16.8 Å². The van der Waals surface area contributed by atoms with E-state index < -0.39 is 0 Å². The van der Waals surface area contributed by atoms with Gasteiger partial charge in [-0.25, -0.2) is 4.98 Å². The van der Waals surface area contributed by atoms with Crippen LogP contribution in [0, 0.1) is 0 Å². The highest BCUT2D eigenvalue weighted by Gasteiger charge is 2.24. The zero-order valence-corrected chi connectivity index (χ0v) is 18.3. The molecule has 0 bridgehead atoms. The minimum atomic E-state index is -0.378. The molecule has 0 saturated carbocycles. The van der Waals surface area contributed by atoms with Crippen molar-refractivity contribution in [2.24, 2.45) is 0 Å². The summed E-state index contributed by atoms with van der Waals surface area (Å²) in [4.78, 5) is 25.2. The van der Waals surface area contributed by atoms with Gasteiger partial charge in [0.05, 0.1) is 6.04 Å². The molecule has 0 fully saturated rings. The standard InChI is InChI=1S/C26H26N6O/c33-26(22-12-6-7-15-27-22)29-23(16-19-17-28-21-11-5-4-10-20(19)21)25-30-24(31-32-25)14-13-18-8-2-1-3-9-18/h1-4,6-10,12,15,17,23,28H,5,11,13-14,16H2,(H,29,33)(H,30,31,32)/t23-/m1/s1. The molecular weight excluding hydrogens is 412 g/mol. The van der Waals surface area contributed by atoms with E-state index >= 15 is 0 Å². The number of fused-ring (bicyclic) bond motifs is 1. The molecule has 3 N–H and O–H groups in total. The van der Waals surface area contributed by atoms with Crippen LogP contribution < -0.4 is 5.32 Å². The molecule has 1 aliphatic carbocycles. The molecule has 0 saturated heterocycles. The lowest BCUT2D eigenvalue weighted by Crippen LogP contribution is -2.31. The Hall–Kier alpha value is -4.00. The molecule has 5 rings (SSSR count). The molecule has 7 heteroatoms. The van der Waals surface area contributed by atoms with Crippen molar-refractivity contribution >= 4 is 12.0 Å². The van der Waals surface area contributed by atoms with Crippen molar-refractivity contribution in [1.29, 1.82) is 0 Å². The number of nitrogens with one attached hydrogen (secondary N) is 3. The van der Waals surface area contributed by atoms with Crippen LogP contribution in [0.4, 0.5) is 0 Å². The van der Waals surface area contributed by atoms with Crippen LogP contribution in [0.15, 0.2) is 67.0 Å². The number of hydrogen-bond acceptors (Lipinski definition) is 4. The molecule has 1 atom stereocenters. The van der Waals surface area contributed by atoms with Gasteiger partial charge in [-0.1, -0.05) is 48.6 Å². The summed E-state index contributed by atoms with van der Waals surface area (Å²) < 4.78 is 0. The van der Waals surface area contributed by atoms with Crippen LogP contribution in [0.5, 0.6) is 0 Å². The second-order valence-corrected chi connectivity index (χ2v) is 8.22. The van der Waals surface area contributed by atoms with Gasteiger partial charge in [-0.3, -0.25) is 14.9 Å². The van der Waals surface area contributed by atoms with E-state index in [2.05, 4.69) is 49.8 Å².